The van der Waals surface area contributed by atoms with Gasteiger partial charge in [0.15, 0.2) is 0 Å². The second-order valence-electron chi connectivity index (χ2n) is 4.35. The number of carbonyl (C=O) groups is 1. The topological polar surface area (TPSA) is 60.8 Å². The Morgan fingerprint density at radius 1 is 1.47 bits per heavy atom. The molecule has 5 heteroatoms. The first-order chi connectivity index (χ1) is 8.20. The summed E-state index contributed by atoms with van der Waals surface area (Å²) in [6, 6.07) is 4.09. The zero-order valence-electron chi connectivity index (χ0n) is 9.63. The minimum atomic E-state index is -0.862. The molecule has 0 saturated heterocycles. The van der Waals surface area contributed by atoms with Gasteiger partial charge in [-0.1, -0.05) is 6.42 Å². The highest BCUT2D eigenvalue weighted by Gasteiger charge is 2.24. The van der Waals surface area contributed by atoms with Gasteiger partial charge in [0.2, 0.25) is 0 Å². The first kappa shape index (κ1) is 12.5. The molecule has 1 saturated carbocycles. The van der Waals surface area contributed by atoms with Crippen LogP contribution in [0.15, 0.2) is 12.1 Å². The van der Waals surface area contributed by atoms with Crippen LogP contribution in [-0.2, 0) is 6.54 Å². The molecule has 0 amide bonds. The van der Waals surface area contributed by atoms with Gasteiger partial charge in [0, 0.05) is 24.0 Å². The Labute approximate surface area is 104 Å². The lowest BCUT2D eigenvalue weighted by molar-refractivity contribution is 0.0702. The van der Waals surface area contributed by atoms with Crippen LogP contribution in [0.4, 0.5) is 0 Å². The minimum Gasteiger partial charge on any atom is -0.477 e. The molecule has 2 rings (SSSR count). The van der Waals surface area contributed by atoms with Crippen molar-refractivity contribution in [3.8, 4) is 0 Å². The number of aliphatic hydroxyl groups excluding tert-OH is 1. The first-order valence-corrected chi connectivity index (χ1v) is 6.69. The molecule has 94 valence electrons. The third kappa shape index (κ3) is 3.06. The fourth-order valence-corrected chi connectivity index (χ4v) is 2.92. The van der Waals surface area contributed by atoms with Gasteiger partial charge in [-0.2, -0.15) is 0 Å². The normalized spacial score (nSPS) is 16.1. The average Bonchev–Trinajstić information content (AvgIpc) is 2.64. The summed E-state index contributed by atoms with van der Waals surface area (Å²) in [5, 5.41) is 17.9. The van der Waals surface area contributed by atoms with Crippen LogP contribution in [0.25, 0.3) is 0 Å². The van der Waals surface area contributed by atoms with Crippen LogP contribution in [0.2, 0.25) is 0 Å². The predicted molar refractivity (Wildman–Crippen MR) is 66.4 cm³/mol. The second-order valence-corrected chi connectivity index (χ2v) is 5.52. The smallest absolute Gasteiger partial charge is 0.345 e. The van der Waals surface area contributed by atoms with Gasteiger partial charge in [0.1, 0.15) is 4.88 Å². The Hall–Kier alpha value is -0.910. The van der Waals surface area contributed by atoms with Gasteiger partial charge < -0.3 is 10.2 Å². The molecule has 1 fully saturated rings. The summed E-state index contributed by atoms with van der Waals surface area (Å²) >= 11 is 1.32. The lowest BCUT2D eigenvalue weighted by Crippen LogP contribution is -2.41. The van der Waals surface area contributed by atoms with Gasteiger partial charge >= 0.3 is 5.97 Å². The number of rotatable bonds is 6. The quantitative estimate of drug-likeness (QED) is 0.813. The molecule has 1 aromatic rings. The molecule has 0 bridgehead atoms. The molecule has 0 unspecified atom stereocenters. The second kappa shape index (κ2) is 5.62. The summed E-state index contributed by atoms with van der Waals surface area (Å²) in [4.78, 5) is 14.5. The molecule has 0 atom stereocenters. The fourth-order valence-electron chi connectivity index (χ4n) is 2.05. The monoisotopic (exact) mass is 255 g/mol. The number of carboxylic acids is 1. The molecule has 2 N–H and O–H groups in total. The highest BCUT2D eigenvalue weighted by molar-refractivity contribution is 7.13. The van der Waals surface area contributed by atoms with E-state index in [0.717, 1.165) is 11.4 Å². The lowest BCUT2D eigenvalue weighted by Gasteiger charge is -2.36. The van der Waals surface area contributed by atoms with Crippen molar-refractivity contribution in [3.05, 3.63) is 21.9 Å². The van der Waals surface area contributed by atoms with Crippen LogP contribution in [0.1, 0.15) is 33.8 Å². The average molecular weight is 255 g/mol. The van der Waals surface area contributed by atoms with Crippen LogP contribution in [0.5, 0.6) is 0 Å². The molecule has 1 aliphatic rings. The predicted octanol–water partition coefficient (Wildman–Crippen LogP) is 1.79. The largest absolute Gasteiger partial charge is 0.477 e. The molecular formula is C12H17NO3S. The van der Waals surface area contributed by atoms with Crippen LogP contribution in [-0.4, -0.2) is 40.3 Å². The van der Waals surface area contributed by atoms with Crippen molar-refractivity contribution in [1.82, 2.24) is 4.90 Å². The molecule has 0 spiro atoms. The van der Waals surface area contributed by atoms with Crippen molar-refractivity contribution in [2.45, 2.75) is 31.8 Å². The highest BCUT2D eigenvalue weighted by Crippen LogP contribution is 2.27. The molecule has 0 aromatic carbocycles. The van der Waals surface area contributed by atoms with E-state index >= 15 is 0 Å². The van der Waals surface area contributed by atoms with Crippen LogP contribution in [0, 0.1) is 0 Å². The van der Waals surface area contributed by atoms with E-state index in [4.69, 9.17) is 10.2 Å². The van der Waals surface area contributed by atoms with Crippen molar-refractivity contribution >= 4 is 17.3 Å². The molecule has 1 heterocycles. The summed E-state index contributed by atoms with van der Waals surface area (Å²) in [7, 11) is 0. The van der Waals surface area contributed by atoms with E-state index in [1.54, 1.807) is 6.07 Å². The van der Waals surface area contributed by atoms with E-state index in [9.17, 15) is 4.79 Å². The molecular weight excluding hydrogens is 238 g/mol. The fraction of sp³-hybridized carbons (Fsp3) is 0.583. The Balaban J connectivity index is 1.98. The minimum absolute atomic E-state index is 0.160. The summed E-state index contributed by atoms with van der Waals surface area (Å²) in [5.74, 6) is -0.862. The zero-order chi connectivity index (χ0) is 12.3. The number of carboxylic acid groups (broad SMARTS) is 1. The van der Waals surface area contributed by atoms with E-state index in [1.807, 2.05) is 6.07 Å². The maximum absolute atomic E-state index is 10.8. The highest BCUT2D eigenvalue weighted by atomic mass is 32.1. The number of aromatic carboxylic acids is 1. The van der Waals surface area contributed by atoms with Gasteiger partial charge in [-0.15, -0.1) is 11.3 Å². The number of hydrogen-bond donors (Lipinski definition) is 2. The summed E-state index contributed by atoms with van der Waals surface area (Å²) < 4.78 is 0. The summed E-state index contributed by atoms with van der Waals surface area (Å²) in [5.41, 5.74) is 0. The van der Waals surface area contributed by atoms with Crippen LogP contribution >= 0.6 is 11.3 Å². The van der Waals surface area contributed by atoms with Crippen LogP contribution < -0.4 is 0 Å². The lowest BCUT2D eigenvalue weighted by atomic mass is 9.91. The van der Waals surface area contributed by atoms with Gasteiger partial charge in [-0.3, -0.25) is 4.90 Å². The first-order valence-electron chi connectivity index (χ1n) is 5.87. The van der Waals surface area contributed by atoms with Gasteiger partial charge in [0.25, 0.3) is 0 Å². The standard InChI is InChI=1S/C12H17NO3S/c14-7-6-13(9-2-1-3-9)8-10-4-5-11(17-10)12(15)16/h4-5,9,14H,1-3,6-8H2,(H,15,16). The molecule has 4 nitrogen and oxygen atoms in total. The van der Waals surface area contributed by atoms with Crippen molar-refractivity contribution in [2.75, 3.05) is 13.2 Å². The van der Waals surface area contributed by atoms with E-state index in [1.165, 1.54) is 30.6 Å². The SMILES string of the molecule is O=C(O)c1ccc(CN(CCO)C2CCC2)s1. The van der Waals surface area contributed by atoms with E-state index in [-0.39, 0.29) is 6.61 Å². The van der Waals surface area contributed by atoms with Gasteiger partial charge in [0.05, 0.1) is 6.61 Å². The molecule has 0 aliphatic heterocycles. The van der Waals surface area contributed by atoms with E-state index < -0.39 is 5.97 Å². The number of thiophene rings is 1. The third-order valence-electron chi connectivity index (χ3n) is 3.21. The van der Waals surface area contributed by atoms with E-state index in [2.05, 4.69) is 4.90 Å². The summed E-state index contributed by atoms with van der Waals surface area (Å²) in [6.07, 6.45) is 3.64. The van der Waals surface area contributed by atoms with Crippen molar-refractivity contribution < 1.29 is 15.0 Å². The van der Waals surface area contributed by atoms with Gasteiger partial charge in [-0.05, 0) is 25.0 Å². The molecule has 17 heavy (non-hydrogen) atoms. The Morgan fingerprint density at radius 3 is 2.71 bits per heavy atom. The van der Waals surface area contributed by atoms with E-state index in [0.29, 0.717) is 17.5 Å². The Kier molecular flexibility index (Phi) is 4.15. The Bertz CT molecular complexity index is 387. The number of hydrogen-bond acceptors (Lipinski definition) is 4. The zero-order valence-corrected chi connectivity index (χ0v) is 10.4. The van der Waals surface area contributed by atoms with Crippen molar-refractivity contribution in [2.24, 2.45) is 0 Å². The Morgan fingerprint density at radius 2 is 2.24 bits per heavy atom. The third-order valence-corrected chi connectivity index (χ3v) is 4.27. The van der Waals surface area contributed by atoms with Crippen LogP contribution in [0.3, 0.4) is 0 Å². The molecule has 0 radical (unpaired) electrons. The molecule has 1 aromatic heterocycles. The van der Waals surface area contributed by atoms with Gasteiger partial charge in [-0.25, -0.2) is 4.79 Å². The van der Waals surface area contributed by atoms with Crippen molar-refractivity contribution in [1.29, 1.82) is 0 Å². The van der Waals surface area contributed by atoms with Crippen molar-refractivity contribution in [3.63, 3.8) is 0 Å². The number of aliphatic hydroxyl groups is 1. The summed E-state index contributed by atoms with van der Waals surface area (Å²) in [6.45, 7) is 1.59. The molecule has 1 aliphatic carbocycles. The maximum atomic E-state index is 10.8. The maximum Gasteiger partial charge on any atom is 0.345 e. The number of nitrogens with zero attached hydrogens (tertiary/aromatic N) is 1.